The van der Waals surface area contributed by atoms with Crippen molar-refractivity contribution in [3.8, 4) is 5.75 Å². The van der Waals surface area contributed by atoms with Gasteiger partial charge in [-0.1, -0.05) is 17.7 Å². The zero-order valence-electron chi connectivity index (χ0n) is 18.4. The Morgan fingerprint density at radius 3 is 2.49 bits per heavy atom. The van der Waals surface area contributed by atoms with E-state index in [1.54, 1.807) is 6.92 Å². The molecular weight excluding hydrogens is 481 g/mol. The number of anilines is 1. The summed E-state index contributed by atoms with van der Waals surface area (Å²) < 4.78 is 19.5. The van der Waals surface area contributed by atoms with E-state index in [2.05, 4.69) is 22.3 Å². The number of carboxylic acids is 1. The lowest BCUT2D eigenvalue weighted by molar-refractivity contribution is -0.139. The third-order valence-electron chi connectivity index (χ3n) is 4.25. The maximum atomic E-state index is 14.4. The van der Waals surface area contributed by atoms with Crippen molar-refractivity contribution in [2.45, 2.75) is 6.92 Å². The number of nitrogen functional groups attached to an aromatic ring is 1. The Bertz CT molecular complexity index is 1250. The number of aliphatic carboxylic acids is 1. The van der Waals surface area contributed by atoms with E-state index in [4.69, 9.17) is 32.6 Å². The van der Waals surface area contributed by atoms with Crippen LogP contribution in [0.25, 0.3) is 0 Å². The number of allylic oxidation sites excluding steroid dienone is 3. The molecule has 2 rings (SSSR count). The van der Waals surface area contributed by atoms with E-state index in [0.29, 0.717) is 5.03 Å². The second-order valence-electron chi connectivity index (χ2n) is 6.87. The van der Waals surface area contributed by atoms with Crippen LogP contribution in [-0.4, -0.2) is 42.1 Å². The number of hydrogen-bond acceptors (Lipinski definition) is 6. The first kappa shape index (κ1) is 26.7. The van der Waals surface area contributed by atoms with Crippen LogP contribution in [0.4, 0.5) is 10.1 Å². The van der Waals surface area contributed by atoms with Gasteiger partial charge in [0.2, 0.25) is 0 Å². The summed E-state index contributed by atoms with van der Waals surface area (Å²) >= 11 is 5.77. The fourth-order valence-corrected chi connectivity index (χ4v) is 2.69. The normalized spacial score (nSPS) is 11.4. The number of benzene rings is 2. The zero-order chi connectivity index (χ0) is 26.1. The van der Waals surface area contributed by atoms with Crippen LogP contribution in [0.15, 0.2) is 64.4 Å². The number of hydrogen-bond donors (Lipinski definition) is 5. The van der Waals surface area contributed by atoms with Crippen LogP contribution in [0.3, 0.4) is 0 Å². The maximum Gasteiger partial charge on any atom is 0.341 e. The number of carboxylic acid groups (broad SMARTS) is 1. The quantitative estimate of drug-likeness (QED) is 0.190. The fraction of sp³-hybridized carbons (Fsp3) is 0.0870. The molecule has 0 aliphatic heterocycles. The number of nitrogens with two attached hydrogens (primary N) is 1. The molecule has 0 spiro atoms. The molecule has 0 aromatic heterocycles. The third-order valence-corrected chi connectivity index (χ3v) is 4.38. The third kappa shape index (κ3) is 7.79. The highest BCUT2D eigenvalue weighted by Gasteiger charge is 2.19. The molecule has 0 saturated carbocycles. The van der Waals surface area contributed by atoms with E-state index in [0.717, 1.165) is 12.1 Å². The van der Waals surface area contributed by atoms with Gasteiger partial charge in [-0.05, 0) is 56.1 Å². The molecule has 0 aliphatic carbocycles. The van der Waals surface area contributed by atoms with Gasteiger partial charge >= 0.3 is 5.97 Å². The van der Waals surface area contributed by atoms with Gasteiger partial charge in [0.15, 0.2) is 6.61 Å². The SMILES string of the molecule is C=N/C(=C\C=C(/C)Cl)NC(=O)c1cc(OCC(=O)O)ccc1NC(=O)c1ccc(C(=N)N)cc1F. The Morgan fingerprint density at radius 2 is 1.91 bits per heavy atom. The molecule has 0 radical (unpaired) electrons. The molecule has 0 saturated heterocycles. The first-order valence-corrected chi connectivity index (χ1v) is 10.2. The van der Waals surface area contributed by atoms with Crippen LogP contribution in [0.1, 0.15) is 33.2 Å². The summed E-state index contributed by atoms with van der Waals surface area (Å²) in [4.78, 5) is 40.1. The van der Waals surface area contributed by atoms with E-state index in [1.807, 2.05) is 0 Å². The van der Waals surface area contributed by atoms with E-state index in [9.17, 15) is 18.8 Å². The van der Waals surface area contributed by atoms with Gasteiger partial charge in [0.05, 0.1) is 16.8 Å². The molecule has 182 valence electrons. The Labute approximate surface area is 204 Å². The highest BCUT2D eigenvalue weighted by atomic mass is 35.5. The predicted octanol–water partition coefficient (Wildman–Crippen LogP) is 3.24. The molecule has 12 heteroatoms. The van der Waals surface area contributed by atoms with Gasteiger partial charge in [0, 0.05) is 10.6 Å². The number of halogens is 2. The van der Waals surface area contributed by atoms with Crippen molar-refractivity contribution < 1.29 is 28.6 Å². The minimum Gasteiger partial charge on any atom is -0.482 e. The number of amidine groups is 1. The van der Waals surface area contributed by atoms with Crippen molar-refractivity contribution in [3.05, 3.63) is 81.9 Å². The molecule has 10 nitrogen and oxygen atoms in total. The molecule has 0 fully saturated rings. The van der Waals surface area contributed by atoms with Crippen molar-refractivity contribution in [1.82, 2.24) is 5.32 Å². The molecule has 0 bridgehead atoms. The summed E-state index contributed by atoms with van der Waals surface area (Å²) in [5, 5.41) is 21.5. The van der Waals surface area contributed by atoms with Crippen molar-refractivity contribution in [3.63, 3.8) is 0 Å². The molecule has 2 amide bonds. The smallest absolute Gasteiger partial charge is 0.341 e. The van der Waals surface area contributed by atoms with E-state index in [1.165, 1.54) is 36.4 Å². The van der Waals surface area contributed by atoms with Crippen LogP contribution in [0.5, 0.6) is 5.75 Å². The van der Waals surface area contributed by atoms with Gasteiger partial charge in [-0.15, -0.1) is 0 Å². The van der Waals surface area contributed by atoms with Crippen LogP contribution >= 0.6 is 11.6 Å². The minimum absolute atomic E-state index is 0.0288. The average Bonchev–Trinajstić information content (AvgIpc) is 2.80. The molecular formula is C23H21ClFN5O5. The summed E-state index contributed by atoms with van der Waals surface area (Å²) in [6, 6.07) is 7.20. The number of aliphatic imine (C=N–C) groups is 1. The monoisotopic (exact) mass is 501 g/mol. The number of ether oxygens (including phenoxy) is 1. The summed E-state index contributed by atoms with van der Waals surface area (Å²) in [6.45, 7) is 4.30. The molecule has 2 aromatic rings. The lowest BCUT2D eigenvalue weighted by Gasteiger charge is -2.14. The van der Waals surface area contributed by atoms with E-state index in [-0.39, 0.29) is 39.8 Å². The van der Waals surface area contributed by atoms with E-state index >= 15 is 0 Å². The van der Waals surface area contributed by atoms with Gasteiger partial charge in [0.1, 0.15) is 23.2 Å². The van der Waals surface area contributed by atoms with E-state index < -0.39 is 30.2 Å². The van der Waals surface area contributed by atoms with Gasteiger partial charge in [-0.25, -0.2) is 14.2 Å². The number of carbonyl (C=O) groups excluding carboxylic acids is 2. The molecule has 0 heterocycles. The predicted molar refractivity (Wildman–Crippen MR) is 130 cm³/mol. The molecule has 35 heavy (non-hydrogen) atoms. The largest absolute Gasteiger partial charge is 0.482 e. The van der Waals surface area contributed by atoms with Crippen molar-refractivity contribution in [1.29, 1.82) is 5.41 Å². The number of nitrogens with one attached hydrogen (secondary N) is 3. The fourth-order valence-electron chi connectivity index (χ4n) is 2.62. The number of nitrogens with zero attached hydrogens (tertiary/aromatic N) is 1. The summed E-state index contributed by atoms with van der Waals surface area (Å²) in [7, 11) is 0. The summed E-state index contributed by atoms with van der Waals surface area (Å²) in [5.74, 6) is -4.10. The van der Waals surface area contributed by atoms with Crippen molar-refractivity contribution >= 4 is 47.6 Å². The Balaban J connectivity index is 2.41. The average molecular weight is 502 g/mol. The topological polar surface area (TPSA) is 167 Å². The minimum atomic E-state index is -1.23. The summed E-state index contributed by atoms with van der Waals surface area (Å²) in [6.07, 6.45) is 2.86. The molecule has 2 aromatic carbocycles. The molecule has 6 N–H and O–H groups in total. The zero-order valence-corrected chi connectivity index (χ0v) is 19.1. The standard InChI is InChI=1S/C23H21ClFN5O5/c1-12(24)3-8-19(28-2)30-23(34)16-10-14(35-11-20(31)32)5-7-18(16)29-22(33)15-6-4-13(21(26)27)9-17(15)25/h3-10H,2,11H2,1H3,(H3,26,27)(H,29,33)(H,30,34)(H,31,32)/b12-3+,19-8+. The highest BCUT2D eigenvalue weighted by Crippen LogP contribution is 2.24. The van der Waals surface area contributed by atoms with Crippen LogP contribution in [0, 0.1) is 11.2 Å². The summed E-state index contributed by atoms with van der Waals surface area (Å²) in [5.41, 5.74) is 4.90. The second kappa shape index (κ2) is 12.1. The van der Waals surface area contributed by atoms with Gasteiger partial charge in [-0.3, -0.25) is 15.0 Å². The lowest BCUT2D eigenvalue weighted by Crippen LogP contribution is -2.24. The highest BCUT2D eigenvalue weighted by molar-refractivity contribution is 6.29. The molecule has 0 unspecified atom stereocenters. The Hall–Kier alpha value is -4.51. The molecule has 0 atom stereocenters. The Morgan fingerprint density at radius 1 is 1.20 bits per heavy atom. The molecule has 0 aliphatic rings. The Kier molecular flexibility index (Phi) is 9.24. The van der Waals surface area contributed by atoms with Crippen LogP contribution in [0.2, 0.25) is 0 Å². The number of rotatable bonds is 10. The first-order chi connectivity index (χ1) is 16.5. The second-order valence-corrected chi connectivity index (χ2v) is 7.47. The maximum absolute atomic E-state index is 14.4. The number of amides is 2. The first-order valence-electron chi connectivity index (χ1n) is 9.78. The van der Waals surface area contributed by atoms with Gasteiger partial charge in [-0.2, -0.15) is 0 Å². The van der Waals surface area contributed by atoms with Crippen LogP contribution < -0.4 is 21.1 Å². The van der Waals surface area contributed by atoms with Crippen molar-refractivity contribution in [2.24, 2.45) is 10.7 Å². The van der Waals surface area contributed by atoms with Gasteiger partial charge < -0.3 is 26.2 Å². The lowest BCUT2D eigenvalue weighted by atomic mass is 10.1. The van der Waals surface area contributed by atoms with Crippen molar-refractivity contribution in [2.75, 3.05) is 11.9 Å². The number of carbonyl (C=O) groups is 3. The van der Waals surface area contributed by atoms with Crippen LogP contribution in [-0.2, 0) is 4.79 Å². The van der Waals surface area contributed by atoms with Gasteiger partial charge in [0.25, 0.3) is 11.8 Å².